The lowest BCUT2D eigenvalue weighted by atomic mass is 10.1. The highest BCUT2D eigenvalue weighted by molar-refractivity contribution is 5.95. The molecule has 1 fully saturated rings. The second-order valence-corrected chi connectivity index (χ2v) is 7.55. The molecule has 180 valence electrons. The molecule has 1 rings (SSSR count). The average molecular weight is 457 g/mol. The van der Waals surface area contributed by atoms with Gasteiger partial charge in [-0.05, 0) is 32.6 Å². The van der Waals surface area contributed by atoms with E-state index in [2.05, 4.69) is 15.6 Å². The van der Waals surface area contributed by atoms with Crippen molar-refractivity contribution in [3.63, 3.8) is 0 Å². The normalized spacial score (nSPS) is 18.2. The van der Waals surface area contributed by atoms with Crippen LogP contribution in [0.2, 0.25) is 0 Å². The first-order valence-corrected chi connectivity index (χ1v) is 10.2. The van der Waals surface area contributed by atoms with E-state index in [1.165, 1.54) is 11.8 Å². The van der Waals surface area contributed by atoms with E-state index in [1.807, 2.05) is 0 Å². The Morgan fingerprint density at radius 3 is 2.38 bits per heavy atom. The summed E-state index contributed by atoms with van der Waals surface area (Å²) in [5, 5.41) is 14.1. The molecule has 11 N–H and O–H groups in total. The minimum absolute atomic E-state index is 0.0845. The number of hydrogen-bond donors (Lipinski definition) is 7. The first-order chi connectivity index (χ1) is 14.9. The van der Waals surface area contributed by atoms with E-state index >= 15 is 0 Å². The van der Waals surface area contributed by atoms with Crippen molar-refractivity contribution < 1.29 is 29.1 Å². The standard InChI is InChI=1S/C18H32N8O6/c1-9(14(28)25-11(17(31)32)4-2-6-23-18(21)22)24-15(29)12-5-3-7-26(12)16(30)10(19)8-13(20)27/h9-12H,2-8,19H2,1H3,(H2,20,27)(H,24,29)(H,25,28)(H,31,32)(H4,21,22,23). The zero-order valence-electron chi connectivity index (χ0n) is 18.0. The predicted molar refractivity (Wildman–Crippen MR) is 114 cm³/mol. The van der Waals surface area contributed by atoms with Crippen LogP contribution in [0, 0.1) is 0 Å². The van der Waals surface area contributed by atoms with Gasteiger partial charge in [-0.3, -0.25) is 24.2 Å². The smallest absolute Gasteiger partial charge is 0.326 e. The molecule has 14 nitrogen and oxygen atoms in total. The monoisotopic (exact) mass is 456 g/mol. The maximum atomic E-state index is 12.6. The molecule has 4 unspecified atom stereocenters. The van der Waals surface area contributed by atoms with Crippen molar-refractivity contribution in [3.05, 3.63) is 0 Å². The topological polar surface area (TPSA) is 249 Å². The number of carbonyl (C=O) groups excluding carboxylic acids is 4. The lowest BCUT2D eigenvalue weighted by Gasteiger charge is -2.27. The van der Waals surface area contributed by atoms with Gasteiger partial charge in [-0.1, -0.05) is 0 Å². The fourth-order valence-corrected chi connectivity index (χ4v) is 3.25. The molecule has 0 saturated carbocycles. The van der Waals surface area contributed by atoms with Crippen molar-refractivity contribution in [2.75, 3.05) is 13.1 Å². The lowest BCUT2D eigenvalue weighted by Crippen LogP contribution is -2.56. The highest BCUT2D eigenvalue weighted by Gasteiger charge is 2.37. The van der Waals surface area contributed by atoms with Gasteiger partial charge in [0.05, 0.1) is 12.5 Å². The van der Waals surface area contributed by atoms with Gasteiger partial charge in [0.1, 0.15) is 18.1 Å². The van der Waals surface area contributed by atoms with E-state index in [9.17, 15) is 29.1 Å². The number of carboxylic acid groups (broad SMARTS) is 1. The summed E-state index contributed by atoms with van der Waals surface area (Å²) in [7, 11) is 0. The van der Waals surface area contributed by atoms with E-state index in [0.29, 0.717) is 19.3 Å². The van der Waals surface area contributed by atoms with Crippen LogP contribution < -0.4 is 33.6 Å². The molecule has 1 heterocycles. The van der Waals surface area contributed by atoms with E-state index < -0.39 is 53.8 Å². The third kappa shape index (κ3) is 8.37. The van der Waals surface area contributed by atoms with Gasteiger partial charge >= 0.3 is 5.97 Å². The molecule has 14 heteroatoms. The van der Waals surface area contributed by atoms with Gasteiger partial charge in [0.15, 0.2) is 5.96 Å². The fraction of sp³-hybridized carbons (Fsp3) is 0.667. The van der Waals surface area contributed by atoms with Crippen molar-refractivity contribution in [2.45, 2.75) is 63.2 Å². The van der Waals surface area contributed by atoms with Gasteiger partial charge in [-0.2, -0.15) is 0 Å². The van der Waals surface area contributed by atoms with Gasteiger partial charge in [-0.15, -0.1) is 0 Å². The van der Waals surface area contributed by atoms with Crippen LogP contribution in [0.4, 0.5) is 0 Å². The molecule has 0 radical (unpaired) electrons. The highest BCUT2D eigenvalue weighted by Crippen LogP contribution is 2.19. The van der Waals surface area contributed by atoms with Crippen molar-refractivity contribution in [2.24, 2.45) is 27.9 Å². The van der Waals surface area contributed by atoms with Crippen molar-refractivity contribution >= 4 is 35.6 Å². The molecule has 4 amide bonds. The number of nitrogens with two attached hydrogens (primary N) is 4. The van der Waals surface area contributed by atoms with Crippen LogP contribution in [0.5, 0.6) is 0 Å². The molecule has 0 spiro atoms. The van der Waals surface area contributed by atoms with Gasteiger partial charge < -0.3 is 43.6 Å². The number of aliphatic imine (C=N–C) groups is 1. The number of guanidine groups is 1. The van der Waals surface area contributed by atoms with Crippen LogP contribution in [0.25, 0.3) is 0 Å². The largest absolute Gasteiger partial charge is 0.480 e. The van der Waals surface area contributed by atoms with Crippen molar-refractivity contribution in [1.82, 2.24) is 15.5 Å². The number of carbonyl (C=O) groups is 5. The van der Waals surface area contributed by atoms with Gasteiger partial charge in [-0.25, -0.2) is 4.79 Å². The maximum absolute atomic E-state index is 12.6. The summed E-state index contributed by atoms with van der Waals surface area (Å²) in [5.74, 6) is -3.95. The van der Waals surface area contributed by atoms with Gasteiger partial charge in [0.25, 0.3) is 0 Å². The summed E-state index contributed by atoms with van der Waals surface area (Å²) in [4.78, 5) is 64.9. The van der Waals surface area contributed by atoms with Crippen LogP contribution in [0.3, 0.4) is 0 Å². The quantitative estimate of drug-likeness (QED) is 0.0865. The highest BCUT2D eigenvalue weighted by atomic mass is 16.4. The lowest BCUT2D eigenvalue weighted by molar-refractivity contribution is -0.143. The summed E-state index contributed by atoms with van der Waals surface area (Å²) in [5.41, 5.74) is 21.2. The first kappa shape index (κ1) is 26.6. The minimum Gasteiger partial charge on any atom is -0.480 e. The number of hydrogen-bond acceptors (Lipinski definition) is 7. The van der Waals surface area contributed by atoms with Crippen LogP contribution in [0.15, 0.2) is 4.99 Å². The van der Waals surface area contributed by atoms with Crippen LogP contribution >= 0.6 is 0 Å². The summed E-state index contributed by atoms with van der Waals surface area (Å²) < 4.78 is 0. The molecule has 0 aromatic carbocycles. The van der Waals surface area contributed by atoms with E-state index in [1.54, 1.807) is 0 Å². The van der Waals surface area contributed by atoms with E-state index in [0.717, 1.165) is 0 Å². The average Bonchev–Trinajstić information content (AvgIpc) is 3.18. The Hall–Kier alpha value is -3.42. The van der Waals surface area contributed by atoms with Crippen molar-refractivity contribution in [3.8, 4) is 0 Å². The Bertz CT molecular complexity index is 754. The molecular weight excluding hydrogens is 424 g/mol. The number of nitrogens with zero attached hydrogens (tertiary/aromatic N) is 2. The zero-order valence-corrected chi connectivity index (χ0v) is 18.0. The van der Waals surface area contributed by atoms with Gasteiger partial charge in [0, 0.05) is 13.1 Å². The van der Waals surface area contributed by atoms with Crippen LogP contribution in [-0.2, 0) is 24.0 Å². The number of rotatable bonds is 12. The molecular formula is C18H32N8O6. The second kappa shape index (κ2) is 12.4. The number of amides is 4. The maximum Gasteiger partial charge on any atom is 0.326 e. The van der Waals surface area contributed by atoms with Crippen molar-refractivity contribution in [1.29, 1.82) is 0 Å². The molecule has 0 aromatic rings. The molecule has 32 heavy (non-hydrogen) atoms. The van der Waals surface area contributed by atoms with Gasteiger partial charge in [0.2, 0.25) is 23.6 Å². The first-order valence-electron chi connectivity index (χ1n) is 10.2. The zero-order chi connectivity index (χ0) is 24.4. The fourth-order valence-electron chi connectivity index (χ4n) is 3.25. The summed E-state index contributed by atoms with van der Waals surface area (Å²) in [6.45, 7) is 1.88. The second-order valence-electron chi connectivity index (χ2n) is 7.55. The summed E-state index contributed by atoms with van der Waals surface area (Å²) in [6, 6.07) is -4.25. The minimum atomic E-state index is -1.24. The number of aliphatic carboxylic acids is 1. The number of carboxylic acids is 1. The summed E-state index contributed by atoms with van der Waals surface area (Å²) >= 11 is 0. The molecule has 1 aliphatic heterocycles. The Balaban J connectivity index is 2.65. The van der Waals surface area contributed by atoms with Crippen LogP contribution in [0.1, 0.15) is 39.0 Å². The number of primary amides is 1. The molecule has 1 aliphatic rings. The van der Waals surface area contributed by atoms with E-state index in [4.69, 9.17) is 22.9 Å². The molecule has 0 bridgehead atoms. The number of nitrogens with one attached hydrogen (secondary N) is 2. The molecule has 0 aromatic heterocycles. The SMILES string of the molecule is CC(NC(=O)C1CCCN1C(=O)C(N)CC(N)=O)C(=O)NC(CCCN=C(N)N)C(=O)O. The third-order valence-corrected chi connectivity index (χ3v) is 4.89. The summed E-state index contributed by atoms with van der Waals surface area (Å²) in [6.07, 6.45) is 0.965. The Morgan fingerprint density at radius 2 is 1.81 bits per heavy atom. The Kier molecular flexibility index (Phi) is 10.3. The van der Waals surface area contributed by atoms with E-state index in [-0.39, 0.29) is 31.9 Å². The Labute approximate surface area is 185 Å². The third-order valence-electron chi connectivity index (χ3n) is 4.89. The molecule has 4 atom stereocenters. The van der Waals surface area contributed by atoms with Crippen LogP contribution in [-0.4, -0.2) is 82.8 Å². The molecule has 1 saturated heterocycles. The Morgan fingerprint density at radius 1 is 1.16 bits per heavy atom. The number of likely N-dealkylation sites (tertiary alicyclic amines) is 1. The predicted octanol–water partition coefficient (Wildman–Crippen LogP) is -3.69. The molecule has 0 aliphatic carbocycles.